The van der Waals surface area contributed by atoms with Crippen LogP contribution >= 0.6 is 11.6 Å². The first-order chi connectivity index (χ1) is 17.5. The fourth-order valence-corrected chi connectivity index (χ4v) is 3.26. The summed E-state index contributed by atoms with van der Waals surface area (Å²) in [5.41, 5.74) is 4.16. The minimum atomic E-state index is -0.933. The lowest BCUT2D eigenvalue weighted by Crippen LogP contribution is -2.32. The molecule has 0 fully saturated rings. The van der Waals surface area contributed by atoms with Gasteiger partial charge in [-0.3, -0.25) is 9.59 Å². The fourth-order valence-electron chi connectivity index (χ4n) is 2.99. The molecule has 0 atom stereocenters. The monoisotopic (exact) mass is 507 g/mol. The van der Waals surface area contributed by atoms with E-state index in [0.717, 1.165) is 5.56 Å². The fraction of sp³-hybridized carbons (Fsp3) is 0.148. The summed E-state index contributed by atoms with van der Waals surface area (Å²) in [7, 11) is 0. The van der Waals surface area contributed by atoms with Gasteiger partial charge in [0.15, 0.2) is 11.5 Å². The molecule has 0 aromatic heterocycles. The van der Waals surface area contributed by atoms with Gasteiger partial charge in [0.1, 0.15) is 19.0 Å². The number of amides is 2. The molecule has 0 saturated carbocycles. The van der Waals surface area contributed by atoms with Crippen LogP contribution in [0, 0.1) is 0 Å². The van der Waals surface area contributed by atoms with E-state index < -0.39 is 11.8 Å². The second kappa shape index (κ2) is 13.6. The largest absolute Gasteiger partial charge is 0.490 e. The number of benzene rings is 3. The molecule has 0 aliphatic heterocycles. The van der Waals surface area contributed by atoms with Gasteiger partial charge in [0.2, 0.25) is 0 Å². The predicted molar refractivity (Wildman–Crippen MR) is 140 cm³/mol. The van der Waals surface area contributed by atoms with Crippen LogP contribution in [0.5, 0.6) is 17.2 Å². The van der Waals surface area contributed by atoms with E-state index in [2.05, 4.69) is 22.4 Å². The van der Waals surface area contributed by atoms with Crippen LogP contribution in [0.1, 0.15) is 18.1 Å². The molecular formula is C27H26ClN3O5. The molecule has 0 heterocycles. The molecule has 3 aromatic carbocycles. The molecule has 9 heteroatoms. The van der Waals surface area contributed by atoms with Crippen molar-refractivity contribution in [2.45, 2.75) is 13.5 Å². The van der Waals surface area contributed by atoms with E-state index in [-0.39, 0.29) is 0 Å². The van der Waals surface area contributed by atoms with Gasteiger partial charge in [-0.05, 0) is 54.4 Å². The number of halogens is 1. The van der Waals surface area contributed by atoms with Crippen molar-refractivity contribution in [3.05, 3.63) is 95.5 Å². The van der Waals surface area contributed by atoms with Crippen LogP contribution in [0.3, 0.4) is 0 Å². The molecule has 3 aromatic rings. The zero-order valence-corrected chi connectivity index (χ0v) is 20.5. The van der Waals surface area contributed by atoms with E-state index in [1.807, 2.05) is 37.3 Å². The molecule has 2 amide bonds. The average Bonchev–Trinajstić information content (AvgIpc) is 2.88. The third-order valence-corrected chi connectivity index (χ3v) is 4.90. The summed E-state index contributed by atoms with van der Waals surface area (Å²) in [5.74, 6) is -0.346. The maximum absolute atomic E-state index is 12.1. The minimum Gasteiger partial charge on any atom is -0.490 e. The number of ether oxygens (including phenoxy) is 3. The normalized spacial score (nSPS) is 10.5. The van der Waals surface area contributed by atoms with Gasteiger partial charge >= 0.3 is 11.8 Å². The highest BCUT2D eigenvalue weighted by atomic mass is 35.5. The summed E-state index contributed by atoms with van der Waals surface area (Å²) >= 11 is 6.43. The Balaban J connectivity index is 1.59. The van der Waals surface area contributed by atoms with Gasteiger partial charge in [-0.15, -0.1) is 0 Å². The van der Waals surface area contributed by atoms with Gasteiger partial charge in [-0.1, -0.05) is 54.6 Å². The predicted octanol–water partition coefficient (Wildman–Crippen LogP) is 4.97. The molecule has 0 aliphatic rings. The highest BCUT2D eigenvalue weighted by Gasteiger charge is 2.14. The number of nitrogens with zero attached hydrogens (tertiary/aromatic N) is 1. The van der Waals surface area contributed by atoms with Crippen molar-refractivity contribution in [3.63, 3.8) is 0 Å². The van der Waals surface area contributed by atoms with E-state index in [0.29, 0.717) is 53.3 Å². The van der Waals surface area contributed by atoms with Gasteiger partial charge in [0, 0.05) is 5.69 Å². The van der Waals surface area contributed by atoms with E-state index in [4.69, 9.17) is 25.8 Å². The molecule has 3 rings (SSSR count). The number of carbonyl (C=O) groups excluding carboxylic acids is 2. The Morgan fingerprint density at radius 3 is 2.44 bits per heavy atom. The van der Waals surface area contributed by atoms with Crippen LogP contribution in [0.4, 0.5) is 5.69 Å². The molecule has 0 aliphatic carbocycles. The number of rotatable bonds is 11. The Kier molecular flexibility index (Phi) is 9.90. The van der Waals surface area contributed by atoms with E-state index in [1.165, 1.54) is 6.21 Å². The highest BCUT2D eigenvalue weighted by Crippen LogP contribution is 2.37. The Hall–Kier alpha value is -4.30. The first-order valence-corrected chi connectivity index (χ1v) is 11.5. The number of anilines is 1. The summed E-state index contributed by atoms with van der Waals surface area (Å²) in [6.07, 6.45) is 2.98. The van der Waals surface area contributed by atoms with E-state index in [9.17, 15) is 9.59 Å². The molecule has 0 spiro atoms. The maximum Gasteiger partial charge on any atom is 0.329 e. The smallest absolute Gasteiger partial charge is 0.329 e. The van der Waals surface area contributed by atoms with E-state index >= 15 is 0 Å². The van der Waals surface area contributed by atoms with Gasteiger partial charge < -0.3 is 19.5 Å². The zero-order valence-electron chi connectivity index (χ0n) is 19.7. The SMILES string of the molecule is C=CCOc1ccc(NC(=O)C(=O)N/N=C\c2cc(Cl)c(OCc3ccccc3)c(OCC)c2)cc1. The summed E-state index contributed by atoms with van der Waals surface area (Å²) < 4.78 is 16.9. The van der Waals surface area contributed by atoms with Crippen molar-refractivity contribution in [3.8, 4) is 17.2 Å². The number of hydrogen-bond acceptors (Lipinski definition) is 6. The number of hydrogen-bond donors (Lipinski definition) is 2. The topological polar surface area (TPSA) is 98.2 Å². The highest BCUT2D eigenvalue weighted by molar-refractivity contribution is 6.39. The molecular weight excluding hydrogens is 482 g/mol. The van der Waals surface area contributed by atoms with Crippen LogP contribution in [0.15, 0.2) is 84.5 Å². The first kappa shape index (κ1) is 26.3. The number of nitrogens with one attached hydrogen (secondary N) is 2. The van der Waals surface area contributed by atoms with Crippen molar-refractivity contribution in [1.82, 2.24) is 5.43 Å². The average molecular weight is 508 g/mol. The van der Waals surface area contributed by atoms with Gasteiger partial charge in [-0.25, -0.2) is 5.43 Å². The Morgan fingerprint density at radius 1 is 1.00 bits per heavy atom. The molecule has 0 bridgehead atoms. The summed E-state index contributed by atoms with van der Waals surface area (Å²) in [6.45, 7) is 6.51. The molecule has 36 heavy (non-hydrogen) atoms. The van der Waals surface area contributed by atoms with Crippen LogP contribution < -0.4 is 25.0 Å². The Bertz CT molecular complexity index is 1210. The molecule has 0 unspecified atom stereocenters. The third kappa shape index (κ3) is 7.89. The molecule has 186 valence electrons. The number of hydrazone groups is 1. The van der Waals surface area contributed by atoms with Crippen molar-refractivity contribution >= 4 is 35.3 Å². The Morgan fingerprint density at radius 2 is 1.75 bits per heavy atom. The van der Waals surface area contributed by atoms with Crippen molar-refractivity contribution in [2.24, 2.45) is 5.10 Å². The summed E-state index contributed by atoms with van der Waals surface area (Å²) in [6, 6.07) is 19.5. The second-order valence-electron chi connectivity index (χ2n) is 7.31. The standard InChI is InChI=1S/C27H26ClN3O5/c1-3-14-35-22-12-10-21(11-13-22)30-26(32)27(33)31-29-17-20-15-23(28)25(24(16-20)34-4-2)36-18-19-8-6-5-7-9-19/h3,5-13,15-17H,1,4,14,18H2,2H3,(H,30,32)(H,31,33)/b29-17-. The lowest BCUT2D eigenvalue weighted by atomic mass is 10.2. The van der Waals surface area contributed by atoms with E-state index in [1.54, 1.807) is 42.5 Å². The van der Waals surface area contributed by atoms with Crippen molar-refractivity contribution in [2.75, 3.05) is 18.5 Å². The quantitative estimate of drug-likeness (QED) is 0.165. The molecule has 0 radical (unpaired) electrons. The Labute approximate surface area is 214 Å². The molecule has 8 nitrogen and oxygen atoms in total. The lowest BCUT2D eigenvalue weighted by molar-refractivity contribution is -0.136. The van der Waals surface area contributed by atoms with Crippen LogP contribution in [0.25, 0.3) is 0 Å². The summed E-state index contributed by atoms with van der Waals surface area (Å²) in [4.78, 5) is 24.3. The van der Waals surface area contributed by atoms with Gasteiger partial charge in [-0.2, -0.15) is 5.10 Å². The molecule has 2 N–H and O–H groups in total. The maximum atomic E-state index is 12.1. The van der Waals surface area contributed by atoms with Gasteiger partial charge in [0.05, 0.1) is 17.8 Å². The van der Waals surface area contributed by atoms with Crippen LogP contribution in [-0.2, 0) is 16.2 Å². The van der Waals surface area contributed by atoms with Crippen LogP contribution in [-0.4, -0.2) is 31.2 Å². The third-order valence-electron chi connectivity index (χ3n) is 4.62. The minimum absolute atomic E-state index is 0.322. The number of carbonyl (C=O) groups is 2. The second-order valence-corrected chi connectivity index (χ2v) is 7.72. The first-order valence-electron chi connectivity index (χ1n) is 11.1. The van der Waals surface area contributed by atoms with Crippen molar-refractivity contribution in [1.29, 1.82) is 0 Å². The summed E-state index contributed by atoms with van der Waals surface area (Å²) in [5, 5.41) is 6.66. The van der Waals surface area contributed by atoms with Crippen LogP contribution in [0.2, 0.25) is 5.02 Å². The van der Waals surface area contributed by atoms with Gasteiger partial charge in [0.25, 0.3) is 0 Å². The zero-order chi connectivity index (χ0) is 25.8. The lowest BCUT2D eigenvalue weighted by Gasteiger charge is -2.14. The van der Waals surface area contributed by atoms with Crippen molar-refractivity contribution < 1.29 is 23.8 Å². The molecule has 0 saturated heterocycles.